The number of nitrogens with zero attached hydrogens (tertiary/aromatic N) is 1. The molecule has 23 heavy (non-hydrogen) atoms. The lowest BCUT2D eigenvalue weighted by Gasteiger charge is -2.29. The molecule has 0 bridgehead atoms. The van der Waals surface area contributed by atoms with E-state index in [-0.39, 0.29) is 11.7 Å². The molecular weight excluding hydrogens is 314 g/mol. The molecule has 3 rings (SSSR count). The fraction of sp³-hybridized carbons (Fsp3) is 0.294. The van der Waals surface area contributed by atoms with Crippen molar-refractivity contribution in [3.63, 3.8) is 0 Å². The number of hydrogen-bond donors (Lipinski definition) is 1. The van der Waals surface area contributed by atoms with Gasteiger partial charge in [-0.15, -0.1) is 11.3 Å². The molecule has 120 valence electrons. The summed E-state index contributed by atoms with van der Waals surface area (Å²) in [6.45, 7) is 2.80. The molecule has 0 fully saturated rings. The van der Waals surface area contributed by atoms with E-state index >= 15 is 0 Å². The van der Waals surface area contributed by atoms with Gasteiger partial charge in [-0.3, -0.25) is 4.79 Å². The second-order valence-electron chi connectivity index (χ2n) is 5.47. The number of thiophene rings is 1. The van der Waals surface area contributed by atoms with Crippen molar-refractivity contribution in [3.05, 3.63) is 51.7 Å². The van der Waals surface area contributed by atoms with E-state index < -0.39 is 12.1 Å². The highest BCUT2D eigenvalue weighted by atomic mass is 32.1. The Morgan fingerprint density at radius 2 is 2.00 bits per heavy atom. The van der Waals surface area contributed by atoms with Gasteiger partial charge in [0, 0.05) is 18.0 Å². The number of benzene rings is 1. The van der Waals surface area contributed by atoms with Crippen LogP contribution in [0.1, 0.15) is 27.7 Å². The minimum Gasteiger partial charge on any atom is -0.508 e. The predicted octanol–water partition coefficient (Wildman–Crippen LogP) is 2.58. The number of ether oxygens (including phenoxy) is 1. The quantitative estimate of drug-likeness (QED) is 0.878. The fourth-order valence-electron chi connectivity index (χ4n) is 2.57. The van der Waals surface area contributed by atoms with E-state index in [4.69, 9.17) is 4.74 Å². The van der Waals surface area contributed by atoms with Crippen LogP contribution in [0, 0.1) is 0 Å². The number of phenols is 1. The lowest BCUT2D eigenvalue weighted by molar-refractivity contribution is -0.140. The third-order valence-corrected chi connectivity index (χ3v) is 4.88. The molecule has 1 aliphatic rings. The summed E-state index contributed by atoms with van der Waals surface area (Å²) in [5.41, 5.74) is 1.48. The molecule has 1 aromatic carbocycles. The second-order valence-corrected chi connectivity index (χ2v) is 6.47. The average Bonchev–Trinajstić information content (AvgIpc) is 3.02. The number of phenolic OH excluding ortho intramolecular Hbond substituents is 1. The van der Waals surface area contributed by atoms with Crippen LogP contribution in [-0.2, 0) is 22.5 Å². The average molecular weight is 331 g/mol. The molecule has 1 aliphatic heterocycles. The molecule has 0 saturated heterocycles. The Kier molecular flexibility index (Phi) is 4.34. The molecule has 2 aromatic rings. The molecular formula is C17H17NO4S. The van der Waals surface area contributed by atoms with Crippen LogP contribution in [0.4, 0.5) is 0 Å². The van der Waals surface area contributed by atoms with Crippen LogP contribution in [-0.4, -0.2) is 34.5 Å². The SMILES string of the molecule is C[C@@H](OC(=O)c1ccc(O)cc1)C(=O)N1CCc2sccc2C1. The summed E-state index contributed by atoms with van der Waals surface area (Å²) in [4.78, 5) is 27.5. The van der Waals surface area contributed by atoms with Gasteiger partial charge in [-0.05, 0) is 54.6 Å². The normalized spacial score (nSPS) is 14.9. The molecule has 1 atom stereocenters. The first-order chi connectivity index (χ1) is 11.0. The van der Waals surface area contributed by atoms with Crippen LogP contribution in [0.2, 0.25) is 0 Å². The molecule has 2 heterocycles. The van der Waals surface area contributed by atoms with E-state index in [2.05, 4.69) is 0 Å². The first-order valence-electron chi connectivity index (χ1n) is 7.38. The zero-order valence-corrected chi connectivity index (χ0v) is 13.5. The van der Waals surface area contributed by atoms with Crippen molar-refractivity contribution in [2.75, 3.05) is 6.54 Å². The number of rotatable bonds is 3. The third kappa shape index (κ3) is 3.37. The summed E-state index contributed by atoms with van der Waals surface area (Å²) in [6, 6.07) is 7.78. The van der Waals surface area contributed by atoms with E-state index in [0.717, 1.165) is 6.42 Å². The Hall–Kier alpha value is -2.34. The zero-order chi connectivity index (χ0) is 16.4. The predicted molar refractivity (Wildman–Crippen MR) is 86.4 cm³/mol. The van der Waals surface area contributed by atoms with E-state index in [1.807, 2.05) is 11.4 Å². The van der Waals surface area contributed by atoms with E-state index in [1.165, 1.54) is 34.7 Å². The van der Waals surface area contributed by atoms with Crippen molar-refractivity contribution >= 4 is 23.2 Å². The number of carbonyl (C=O) groups excluding carboxylic acids is 2. The molecule has 1 amide bonds. The fourth-order valence-corrected chi connectivity index (χ4v) is 3.46. The smallest absolute Gasteiger partial charge is 0.338 e. The highest BCUT2D eigenvalue weighted by Crippen LogP contribution is 2.24. The molecule has 0 spiro atoms. The standard InChI is InChI=1S/C17H17NO4S/c1-11(22-17(21)12-2-4-14(19)5-3-12)16(20)18-8-6-15-13(10-18)7-9-23-15/h2-5,7,9,11,19H,6,8,10H2,1H3/t11-/m1/s1. The maximum atomic E-state index is 12.5. The van der Waals surface area contributed by atoms with Crippen LogP contribution in [0.5, 0.6) is 5.75 Å². The van der Waals surface area contributed by atoms with E-state index in [0.29, 0.717) is 18.7 Å². The van der Waals surface area contributed by atoms with Gasteiger partial charge in [0.25, 0.3) is 5.91 Å². The Morgan fingerprint density at radius 3 is 2.74 bits per heavy atom. The van der Waals surface area contributed by atoms with Crippen LogP contribution >= 0.6 is 11.3 Å². The van der Waals surface area contributed by atoms with Gasteiger partial charge in [-0.25, -0.2) is 4.79 Å². The second kappa shape index (κ2) is 6.42. The van der Waals surface area contributed by atoms with E-state index in [9.17, 15) is 14.7 Å². The van der Waals surface area contributed by atoms with Crippen LogP contribution < -0.4 is 0 Å². The van der Waals surface area contributed by atoms with Crippen molar-refractivity contribution in [1.29, 1.82) is 0 Å². The molecule has 0 saturated carbocycles. The minimum atomic E-state index is -0.837. The van der Waals surface area contributed by atoms with Gasteiger partial charge in [0.15, 0.2) is 6.10 Å². The van der Waals surface area contributed by atoms with Crippen molar-refractivity contribution < 1.29 is 19.4 Å². The topological polar surface area (TPSA) is 66.8 Å². The highest BCUT2D eigenvalue weighted by molar-refractivity contribution is 7.10. The molecule has 5 nitrogen and oxygen atoms in total. The Labute approximate surface area is 138 Å². The monoisotopic (exact) mass is 331 g/mol. The van der Waals surface area contributed by atoms with E-state index in [1.54, 1.807) is 23.2 Å². The highest BCUT2D eigenvalue weighted by Gasteiger charge is 2.27. The number of esters is 1. The Morgan fingerprint density at radius 1 is 1.26 bits per heavy atom. The first kappa shape index (κ1) is 15.6. The van der Waals surface area contributed by atoms with Crippen LogP contribution in [0.25, 0.3) is 0 Å². The summed E-state index contributed by atoms with van der Waals surface area (Å²) in [5, 5.41) is 11.3. The van der Waals surface area contributed by atoms with Crippen molar-refractivity contribution in [2.24, 2.45) is 0 Å². The summed E-state index contributed by atoms with van der Waals surface area (Å²) in [5.74, 6) is -0.682. The first-order valence-corrected chi connectivity index (χ1v) is 8.26. The molecule has 0 radical (unpaired) electrons. The zero-order valence-electron chi connectivity index (χ0n) is 12.7. The van der Waals surface area contributed by atoms with Gasteiger partial charge in [-0.2, -0.15) is 0 Å². The van der Waals surface area contributed by atoms with Crippen molar-refractivity contribution in [3.8, 4) is 5.75 Å². The van der Waals surface area contributed by atoms with Gasteiger partial charge in [0.2, 0.25) is 0 Å². The number of fused-ring (bicyclic) bond motifs is 1. The Bertz CT molecular complexity index is 722. The largest absolute Gasteiger partial charge is 0.508 e. The molecule has 1 aromatic heterocycles. The van der Waals surface area contributed by atoms with Gasteiger partial charge >= 0.3 is 5.97 Å². The Balaban J connectivity index is 1.62. The van der Waals surface area contributed by atoms with Crippen molar-refractivity contribution in [1.82, 2.24) is 4.90 Å². The van der Waals surface area contributed by atoms with Crippen molar-refractivity contribution in [2.45, 2.75) is 26.0 Å². The van der Waals surface area contributed by atoms with Gasteiger partial charge in [0.05, 0.1) is 5.56 Å². The molecule has 1 N–H and O–H groups in total. The van der Waals surface area contributed by atoms with Crippen LogP contribution in [0.3, 0.4) is 0 Å². The summed E-state index contributed by atoms with van der Waals surface area (Å²) in [7, 11) is 0. The number of hydrogen-bond acceptors (Lipinski definition) is 5. The number of carbonyl (C=O) groups is 2. The summed E-state index contributed by atoms with van der Waals surface area (Å²) in [6.07, 6.45) is 0.00803. The number of amides is 1. The molecule has 0 unspecified atom stereocenters. The lowest BCUT2D eigenvalue weighted by atomic mass is 10.1. The summed E-state index contributed by atoms with van der Waals surface area (Å²) < 4.78 is 5.25. The molecule has 0 aliphatic carbocycles. The maximum absolute atomic E-state index is 12.5. The molecule has 6 heteroatoms. The maximum Gasteiger partial charge on any atom is 0.338 e. The number of aromatic hydroxyl groups is 1. The lowest BCUT2D eigenvalue weighted by Crippen LogP contribution is -2.42. The van der Waals surface area contributed by atoms with Crippen LogP contribution in [0.15, 0.2) is 35.7 Å². The third-order valence-electron chi connectivity index (χ3n) is 3.85. The summed E-state index contributed by atoms with van der Waals surface area (Å²) >= 11 is 1.71. The van der Waals surface area contributed by atoms with Gasteiger partial charge in [-0.1, -0.05) is 0 Å². The minimum absolute atomic E-state index is 0.0746. The van der Waals surface area contributed by atoms with Gasteiger partial charge in [0.1, 0.15) is 5.75 Å². The van der Waals surface area contributed by atoms with Gasteiger partial charge < -0.3 is 14.7 Å².